The highest BCUT2D eigenvalue weighted by molar-refractivity contribution is 5.87. The number of carbonyl (C=O) groups is 2. The summed E-state index contributed by atoms with van der Waals surface area (Å²) in [6.07, 6.45) is 3.21. The van der Waals surface area contributed by atoms with Gasteiger partial charge in [-0.3, -0.25) is 9.78 Å². The molecule has 0 saturated carbocycles. The molecule has 0 aliphatic carbocycles. The first kappa shape index (κ1) is 11.2. The van der Waals surface area contributed by atoms with Crippen LogP contribution >= 0.6 is 0 Å². The Hall–Kier alpha value is -1.91. The Morgan fingerprint density at radius 3 is 2.80 bits per heavy atom. The van der Waals surface area contributed by atoms with Crippen LogP contribution < -0.4 is 5.32 Å². The SMILES string of the molecule is CCC(=O)NCc1cncc(C(=O)O)c1. The Bertz CT molecular complexity index is 377. The maximum Gasteiger partial charge on any atom is 0.337 e. The molecule has 1 rings (SSSR count). The van der Waals surface area contributed by atoms with Crippen LogP contribution in [0.2, 0.25) is 0 Å². The number of carbonyl (C=O) groups excluding carboxylic acids is 1. The van der Waals surface area contributed by atoms with E-state index in [9.17, 15) is 9.59 Å². The Balaban J connectivity index is 2.66. The van der Waals surface area contributed by atoms with Gasteiger partial charge in [-0.25, -0.2) is 4.79 Å². The molecule has 0 unspecified atom stereocenters. The predicted molar refractivity (Wildman–Crippen MR) is 53.3 cm³/mol. The molecule has 15 heavy (non-hydrogen) atoms. The van der Waals surface area contributed by atoms with E-state index in [1.54, 1.807) is 6.92 Å². The van der Waals surface area contributed by atoms with Crippen LogP contribution in [-0.2, 0) is 11.3 Å². The van der Waals surface area contributed by atoms with Crippen molar-refractivity contribution in [3.05, 3.63) is 29.6 Å². The summed E-state index contributed by atoms with van der Waals surface area (Å²) in [5, 5.41) is 11.3. The average molecular weight is 208 g/mol. The Morgan fingerprint density at radius 1 is 1.47 bits per heavy atom. The van der Waals surface area contributed by atoms with E-state index in [2.05, 4.69) is 10.3 Å². The number of carboxylic acids is 1. The minimum Gasteiger partial charge on any atom is -0.478 e. The average Bonchev–Trinajstić information content (AvgIpc) is 2.26. The minimum absolute atomic E-state index is 0.0734. The largest absolute Gasteiger partial charge is 0.478 e. The number of pyridine rings is 1. The van der Waals surface area contributed by atoms with Gasteiger partial charge >= 0.3 is 5.97 Å². The summed E-state index contributed by atoms with van der Waals surface area (Å²) >= 11 is 0. The van der Waals surface area contributed by atoms with Crippen molar-refractivity contribution >= 4 is 11.9 Å². The van der Waals surface area contributed by atoms with E-state index in [1.165, 1.54) is 18.5 Å². The maximum atomic E-state index is 11.0. The van der Waals surface area contributed by atoms with Gasteiger partial charge in [-0.1, -0.05) is 6.92 Å². The molecule has 0 fully saturated rings. The lowest BCUT2D eigenvalue weighted by Gasteiger charge is -2.03. The number of nitrogens with zero attached hydrogens (tertiary/aromatic N) is 1. The standard InChI is InChI=1S/C10H12N2O3/c1-2-9(13)12-5-7-3-8(10(14)15)6-11-4-7/h3-4,6H,2,5H2,1H3,(H,12,13)(H,14,15). The molecular weight excluding hydrogens is 196 g/mol. The molecule has 0 atom stereocenters. The van der Waals surface area contributed by atoms with Crippen LogP contribution in [0.1, 0.15) is 29.3 Å². The van der Waals surface area contributed by atoms with Gasteiger partial charge in [-0.05, 0) is 11.6 Å². The zero-order chi connectivity index (χ0) is 11.3. The second-order valence-electron chi connectivity index (χ2n) is 3.02. The van der Waals surface area contributed by atoms with Crippen LogP contribution in [0.3, 0.4) is 0 Å². The van der Waals surface area contributed by atoms with Crippen molar-refractivity contribution in [2.75, 3.05) is 0 Å². The van der Waals surface area contributed by atoms with Crippen LogP contribution in [0.4, 0.5) is 0 Å². The fourth-order valence-electron chi connectivity index (χ4n) is 1.03. The van der Waals surface area contributed by atoms with E-state index < -0.39 is 5.97 Å². The number of carboxylic acid groups (broad SMARTS) is 1. The normalized spacial score (nSPS) is 9.67. The number of nitrogens with one attached hydrogen (secondary N) is 1. The summed E-state index contributed by atoms with van der Waals surface area (Å²) in [7, 11) is 0. The van der Waals surface area contributed by atoms with Crippen molar-refractivity contribution in [3.63, 3.8) is 0 Å². The third-order valence-corrected chi connectivity index (χ3v) is 1.85. The van der Waals surface area contributed by atoms with E-state index in [-0.39, 0.29) is 11.5 Å². The Morgan fingerprint density at radius 2 is 2.20 bits per heavy atom. The summed E-state index contributed by atoms with van der Waals surface area (Å²) in [5.41, 5.74) is 0.801. The lowest BCUT2D eigenvalue weighted by molar-refractivity contribution is -0.120. The quantitative estimate of drug-likeness (QED) is 0.767. The molecule has 0 radical (unpaired) electrons. The highest BCUT2D eigenvalue weighted by Crippen LogP contribution is 2.02. The van der Waals surface area contributed by atoms with E-state index in [0.717, 1.165) is 0 Å². The van der Waals surface area contributed by atoms with E-state index in [0.29, 0.717) is 18.5 Å². The van der Waals surface area contributed by atoms with Gasteiger partial charge in [-0.15, -0.1) is 0 Å². The summed E-state index contributed by atoms with van der Waals surface area (Å²) in [6.45, 7) is 2.06. The van der Waals surface area contributed by atoms with Gasteiger partial charge in [0.15, 0.2) is 0 Å². The molecule has 1 aromatic heterocycles. The van der Waals surface area contributed by atoms with Crippen molar-refractivity contribution in [1.82, 2.24) is 10.3 Å². The lowest BCUT2D eigenvalue weighted by atomic mass is 10.2. The summed E-state index contributed by atoms with van der Waals surface area (Å²) in [6, 6.07) is 1.49. The van der Waals surface area contributed by atoms with Crippen LogP contribution in [-0.4, -0.2) is 22.0 Å². The van der Waals surface area contributed by atoms with Gasteiger partial charge in [0.2, 0.25) is 5.91 Å². The smallest absolute Gasteiger partial charge is 0.337 e. The van der Waals surface area contributed by atoms with E-state index in [1.807, 2.05) is 0 Å². The zero-order valence-electron chi connectivity index (χ0n) is 8.36. The molecule has 1 aromatic rings. The molecule has 80 valence electrons. The lowest BCUT2D eigenvalue weighted by Crippen LogP contribution is -2.21. The van der Waals surface area contributed by atoms with Crippen molar-refractivity contribution < 1.29 is 14.7 Å². The fourth-order valence-corrected chi connectivity index (χ4v) is 1.03. The highest BCUT2D eigenvalue weighted by Gasteiger charge is 2.04. The second kappa shape index (κ2) is 5.09. The molecule has 0 bridgehead atoms. The number of hydrogen-bond acceptors (Lipinski definition) is 3. The van der Waals surface area contributed by atoms with Gasteiger partial charge in [0.1, 0.15) is 0 Å². The molecule has 0 aliphatic rings. The molecular formula is C10H12N2O3. The molecule has 0 spiro atoms. The number of amides is 1. The number of aromatic carboxylic acids is 1. The summed E-state index contributed by atoms with van der Waals surface area (Å²) < 4.78 is 0. The van der Waals surface area contributed by atoms with Crippen LogP contribution in [0, 0.1) is 0 Å². The minimum atomic E-state index is -1.02. The van der Waals surface area contributed by atoms with E-state index >= 15 is 0 Å². The second-order valence-corrected chi connectivity index (χ2v) is 3.02. The molecule has 5 heteroatoms. The molecule has 1 amide bonds. The first-order chi connectivity index (χ1) is 7.13. The maximum absolute atomic E-state index is 11.0. The molecule has 1 heterocycles. The number of rotatable bonds is 4. The molecule has 2 N–H and O–H groups in total. The van der Waals surface area contributed by atoms with Gasteiger partial charge in [0, 0.05) is 25.4 Å². The third-order valence-electron chi connectivity index (χ3n) is 1.85. The monoisotopic (exact) mass is 208 g/mol. The zero-order valence-corrected chi connectivity index (χ0v) is 8.36. The summed E-state index contributed by atoms with van der Waals surface area (Å²) in [4.78, 5) is 25.4. The van der Waals surface area contributed by atoms with Crippen LogP contribution in [0.25, 0.3) is 0 Å². The fraction of sp³-hybridized carbons (Fsp3) is 0.300. The van der Waals surface area contributed by atoms with Gasteiger partial charge in [0.05, 0.1) is 5.56 Å². The van der Waals surface area contributed by atoms with Crippen LogP contribution in [0.15, 0.2) is 18.5 Å². The number of aromatic nitrogens is 1. The topological polar surface area (TPSA) is 79.3 Å². The Labute approximate surface area is 87.1 Å². The first-order valence-corrected chi connectivity index (χ1v) is 4.57. The predicted octanol–water partition coefficient (Wildman–Crippen LogP) is 0.806. The highest BCUT2D eigenvalue weighted by atomic mass is 16.4. The van der Waals surface area contributed by atoms with Crippen molar-refractivity contribution in [3.8, 4) is 0 Å². The number of hydrogen-bond donors (Lipinski definition) is 2. The molecule has 5 nitrogen and oxygen atoms in total. The summed E-state index contributed by atoms with van der Waals surface area (Å²) in [5.74, 6) is -1.10. The first-order valence-electron chi connectivity index (χ1n) is 4.57. The van der Waals surface area contributed by atoms with Crippen LogP contribution in [0.5, 0.6) is 0 Å². The molecule has 0 aliphatic heterocycles. The van der Waals surface area contributed by atoms with Gasteiger partial charge < -0.3 is 10.4 Å². The van der Waals surface area contributed by atoms with Crippen molar-refractivity contribution in [1.29, 1.82) is 0 Å². The third kappa shape index (κ3) is 3.38. The van der Waals surface area contributed by atoms with Gasteiger partial charge in [-0.2, -0.15) is 0 Å². The van der Waals surface area contributed by atoms with Gasteiger partial charge in [0.25, 0.3) is 0 Å². The Kier molecular flexibility index (Phi) is 3.79. The molecule has 0 saturated heterocycles. The van der Waals surface area contributed by atoms with E-state index in [4.69, 9.17) is 5.11 Å². The van der Waals surface area contributed by atoms with Crippen molar-refractivity contribution in [2.24, 2.45) is 0 Å². The molecule has 0 aromatic carbocycles. The van der Waals surface area contributed by atoms with Crippen molar-refractivity contribution in [2.45, 2.75) is 19.9 Å².